The Kier molecular flexibility index (Phi) is 6.63. The van der Waals surface area contributed by atoms with Crippen molar-refractivity contribution < 1.29 is 28.3 Å². The summed E-state index contributed by atoms with van der Waals surface area (Å²) in [6.45, 7) is 8.79. The number of hydrogen-bond acceptors (Lipinski definition) is 7. The van der Waals surface area contributed by atoms with E-state index in [-0.39, 0.29) is 30.6 Å². The molecule has 2 aromatic rings. The highest BCUT2D eigenvalue weighted by Crippen LogP contribution is 2.51. The molecular weight excluding hydrogens is 480 g/mol. The highest BCUT2D eigenvalue weighted by molar-refractivity contribution is 5.97. The summed E-state index contributed by atoms with van der Waals surface area (Å²) >= 11 is 0. The molecule has 2 saturated heterocycles. The number of aromatic nitrogens is 1. The number of ether oxygens (including phenoxy) is 2. The number of nitrogens with zero attached hydrogens (tertiary/aromatic N) is 2. The van der Waals surface area contributed by atoms with E-state index in [1.54, 1.807) is 28.0 Å². The van der Waals surface area contributed by atoms with Crippen LogP contribution in [0, 0.1) is 23.7 Å². The summed E-state index contributed by atoms with van der Waals surface area (Å²) in [4.78, 5) is 54.8. The van der Waals surface area contributed by atoms with Crippen molar-refractivity contribution in [3.05, 3.63) is 34.3 Å². The predicted molar refractivity (Wildman–Crippen MR) is 133 cm³/mol. The van der Waals surface area contributed by atoms with Crippen LogP contribution in [0.5, 0.6) is 0 Å². The third kappa shape index (κ3) is 5.75. The van der Waals surface area contributed by atoms with Crippen molar-refractivity contribution in [2.45, 2.75) is 39.2 Å². The number of likely N-dealkylation sites (tertiary alicyclic amines) is 2. The van der Waals surface area contributed by atoms with Gasteiger partial charge in [-0.25, -0.2) is 14.4 Å². The fourth-order valence-electron chi connectivity index (χ4n) is 5.47. The Morgan fingerprint density at radius 1 is 1.11 bits per heavy atom. The van der Waals surface area contributed by atoms with Crippen molar-refractivity contribution in [1.82, 2.24) is 20.1 Å². The van der Waals surface area contributed by atoms with E-state index in [2.05, 4.69) is 10.3 Å². The third-order valence-corrected chi connectivity index (χ3v) is 7.42. The van der Waals surface area contributed by atoms with Crippen LogP contribution in [0.25, 0.3) is 11.1 Å². The maximum atomic E-state index is 12.6. The van der Waals surface area contributed by atoms with Crippen molar-refractivity contribution in [2.75, 3.05) is 39.3 Å². The Labute approximate surface area is 214 Å². The van der Waals surface area contributed by atoms with E-state index in [1.807, 2.05) is 20.8 Å². The van der Waals surface area contributed by atoms with Crippen molar-refractivity contribution in [1.29, 1.82) is 0 Å². The number of amides is 3. The number of oxazole rings is 1. The number of carbonyl (C=O) groups excluding carboxylic acids is 3. The maximum absolute atomic E-state index is 12.6. The quantitative estimate of drug-likeness (QED) is 0.627. The average Bonchev–Trinajstić information content (AvgIpc) is 3.15. The number of nitrogens with one attached hydrogen (secondary N) is 2. The molecule has 0 spiro atoms. The molecule has 0 radical (unpaired) electrons. The monoisotopic (exact) mass is 514 g/mol. The van der Waals surface area contributed by atoms with Crippen LogP contribution >= 0.6 is 0 Å². The number of fused-ring (bicyclic) bond motifs is 2. The molecule has 0 bridgehead atoms. The fourth-order valence-corrected chi connectivity index (χ4v) is 5.47. The van der Waals surface area contributed by atoms with Crippen LogP contribution in [-0.2, 0) is 9.47 Å². The van der Waals surface area contributed by atoms with Gasteiger partial charge in [-0.2, -0.15) is 0 Å². The van der Waals surface area contributed by atoms with Crippen LogP contribution in [-0.4, -0.2) is 77.8 Å². The van der Waals surface area contributed by atoms with E-state index in [0.717, 1.165) is 12.8 Å². The van der Waals surface area contributed by atoms with Crippen LogP contribution < -0.4 is 11.1 Å². The van der Waals surface area contributed by atoms with E-state index in [9.17, 15) is 19.2 Å². The lowest BCUT2D eigenvalue weighted by molar-refractivity contribution is 0.0107. The molecular formula is C26H34N4O7. The van der Waals surface area contributed by atoms with Gasteiger partial charge < -0.3 is 29.0 Å². The van der Waals surface area contributed by atoms with E-state index >= 15 is 0 Å². The zero-order valence-electron chi connectivity index (χ0n) is 21.5. The Hall–Kier alpha value is -3.50. The first kappa shape index (κ1) is 25.2. The Morgan fingerprint density at radius 2 is 1.86 bits per heavy atom. The van der Waals surface area contributed by atoms with Gasteiger partial charge in [-0.1, -0.05) is 0 Å². The highest BCUT2D eigenvalue weighted by atomic mass is 16.6. The minimum Gasteiger partial charge on any atom is -0.449 e. The van der Waals surface area contributed by atoms with Gasteiger partial charge in [0, 0.05) is 44.2 Å². The minimum absolute atomic E-state index is 0.101. The summed E-state index contributed by atoms with van der Waals surface area (Å²) < 4.78 is 16.1. The second-order valence-electron chi connectivity index (χ2n) is 11.3. The molecule has 37 heavy (non-hydrogen) atoms. The number of hydrogen-bond donors (Lipinski definition) is 2. The van der Waals surface area contributed by atoms with Gasteiger partial charge in [-0.05, 0) is 69.6 Å². The Morgan fingerprint density at radius 3 is 2.59 bits per heavy atom. The van der Waals surface area contributed by atoms with Crippen molar-refractivity contribution in [3.8, 4) is 0 Å². The van der Waals surface area contributed by atoms with Crippen LogP contribution in [0.15, 0.2) is 27.4 Å². The Balaban J connectivity index is 1.02. The first-order chi connectivity index (χ1) is 17.6. The summed E-state index contributed by atoms with van der Waals surface area (Å²) in [5.41, 5.74) is 0.790. The van der Waals surface area contributed by atoms with Crippen molar-refractivity contribution >= 4 is 29.2 Å². The third-order valence-electron chi connectivity index (χ3n) is 7.42. The molecule has 1 aromatic heterocycles. The molecule has 2 N–H and O–H groups in total. The van der Waals surface area contributed by atoms with Crippen LogP contribution in [0.1, 0.15) is 44.0 Å². The normalized spacial score (nSPS) is 25.1. The smallest absolute Gasteiger partial charge is 0.417 e. The van der Waals surface area contributed by atoms with Gasteiger partial charge in [-0.3, -0.25) is 9.78 Å². The van der Waals surface area contributed by atoms with E-state index in [0.29, 0.717) is 67.1 Å². The summed E-state index contributed by atoms with van der Waals surface area (Å²) in [5, 5.41) is 2.95. The molecule has 11 heteroatoms. The minimum atomic E-state index is -0.553. The topological polar surface area (TPSA) is 134 Å². The molecule has 4 atom stereocenters. The van der Waals surface area contributed by atoms with Gasteiger partial charge in [0.1, 0.15) is 5.60 Å². The standard InChI is InChI=1S/C26H34N4O7/c1-26(2,3)37-25(34)29-8-4-5-15(11-29)14-35-24(33)30-12-18-17(19(18)13-30)10-27-22(31)16-6-7-20-21(9-16)36-23(32)28-20/h6-7,9,15,17-19H,4-5,8,10-14H2,1-3H3,(H,27,31)(H,28,32)/t15?,17?,18-,19+. The van der Waals surface area contributed by atoms with Gasteiger partial charge in [-0.15, -0.1) is 0 Å². The molecule has 2 aliphatic heterocycles. The molecule has 5 rings (SSSR count). The molecule has 3 amide bonds. The summed E-state index contributed by atoms with van der Waals surface area (Å²) in [6.07, 6.45) is 1.13. The van der Waals surface area contributed by atoms with Gasteiger partial charge in [0.2, 0.25) is 0 Å². The number of rotatable bonds is 5. The average molecular weight is 515 g/mol. The molecule has 3 heterocycles. The molecule has 3 fully saturated rings. The van der Waals surface area contributed by atoms with Crippen LogP contribution in [0.3, 0.4) is 0 Å². The van der Waals surface area contributed by atoms with E-state index < -0.39 is 11.4 Å². The number of piperidine rings is 2. The second kappa shape index (κ2) is 9.75. The van der Waals surface area contributed by atoms with Crippen LogP contribution in [0.4, 0.5) is 9.59 Å². The SMILES string of the molecule is CC(C)(C)OC(=O)N1CCCC(COC(=O)N2C[C@@H]3C(CNC(=O)c4ccc5[nH]c(=O)oc5c4)[C@@H]3C2)C1. The molecule has 1 saturated carbocycles. The van der Waals surface area contributed by atoms with E-state index in [1.165, 1.54) is 0 Å². The molecule has 1 aromatic carbocycles. The number of benzene rings is 1. The zero-order valence-corrected chi connectivity index (χ0v) is 21.5. The molecule has 200 valence electrons. The maximum Gasteiger partial charge on any atom is 0.417 e. The summed E-state index contributed by atoms with van der Waals surface area (Å²) in [7, 11) is 0. The predicted octanol–water partition coefficient (Wildman–Crippen LogP) is 2.81. The van der Waals surface area contributed by atoms with Gasteiger partial charge in [0.05, 0.1) is 12.1 Å². The number of H-pyrrole nitrogens is 1. The summed E-state index contributed by atoms with van der Waals surface area (Å²) in [6, 6.07) is 4.84. The largest absolute Gasteiger partial charge is 0.449 e. The van der Waals surface area contributed by atoms with Crippen LogP contribution in [0.2, 0.25) is 0 Å². The Bertz CT molecular complexity index is 1230. The molecule has 2 unspecified atom stereocenters. The second-order valence-corrected chi connectivity index (χ2v) is 11.3. The molecule has 3 aliphatic rings. The first-order valence-electron chi connectivity index (χ1n) is 12.9. The van der Waals surface area contributed by atoms with Crippen molar-refractivity contribution in [2.24, 2.45) is 23.7 Å². The zero-order chi connectivity index (χ0) is 26.3. The number of carbonyl (C=O) groups is 3. The van der Waals surface area contributed by atoms with Crippen molar-refractivity contribution in [3.63, 3.8) is 0 Å². The summed E-state index contributed by atoms with van der Waals surface area (Å²) in [5.74, 6) is 0.375. The van der Waals surface area contributed by atoms with Gasteiger partial charge in [0.25, 0.3) is 5.91 Å². The van der Waals surface area contributed by atoms with E-state index in [4.69, 9.17) is 13.9 Å². The lowest BCUT2D eigenvalue weighted by Gasteiger charge is -2.34. The molecule has 11 nitrogen and oxygen atoms in total. The fraction of sp³-hybridized carbons (Fsp3) is 0.615. The number of aromatic amines is 1. The van der Waals surface area contributed by atoms with Gasteiger partial charge in [0.15, 0.2) is 5.58 Å². The first-order valence-corrected chi connectivity index (χ1v) is 12.9. The lowest BCUT2D eigenvalue weighted by atomic mass is 9.99. The lowest BCUT2D eigenvalue weighted by Crippen LogP contribution is -2.44. The molecule has 1 aliphatic carbocycles. The highest BCUT2D eigenvalue weighted by Gasteiger charge is 2.56. The van der Waals surface area contributed by atoms with Gasteiger partial charge >= 0.3 is 17.9 Å².